The Bertz CT molecular complexity index is 1590. The van der Waals surface area contributed by atoms with Crippen LogP contribution in [-0.2, 0) is 28.6 Å². The highest BCUT2D eigenvalue weighted by atomic mass is 16.6. The number of carbonyl (C=O) groups is 3. The Morgan fingerprint density at radius 1 is 0.266 bits per heavy atom. The van der Waals surface area contributed by atoms with E-state index in [0.717, 1.165) is 135 Å². The second-order valence-electron chi connectivity index (χ2n) is 22.0. The van der Waals surface area contributed by atoms with Crippen LogP contribution < -0.4 is 0 Å². The van der Waals surface area contributed by atoms with E-state index in [1.165, 1.54) is 141 Å². The van der Waals surface area contributed by atoms with E-state index in [-0.39, 0.29) is 31.1 Å². The summed E-state index contributed by atoms with van der Waals surface area (Å²) in [4.78, 5) is 38.2. The van der Waals surface area contributed by atoms with Crippen LogP contribution in [0.3, 0.4) is 0 Å². The minimum absolute atomic E-state index is 0.0937. The molecule has 0 saturated heterocycles. The van der Waals surface area contributed by atoms with Crippen LogP contribution in [0.4, 0.5) is 0 Å². The third-order valence-corrected chi connectivity index (χ3v) is 14.2. The summed E-state index contributed by atoms with van der Waals surface area (Å²) in [5.74, 6) is -0.934. The molecule has 0 rings (SSSR count). The van der Waals surface area contributed by atoms with E-state index in [1.54, 1.807) is 0 Å². The molecule has 0 aliphatic heterocycles. The lowest BCUT2D eigenvalue weighted by atomic mass is 10.0. The lowest BCUT2D eigenvalue weighted by Gasteiger charge is -2.18. The molecule has 1 atom stereocenters. The van der Waals surface area contributed by atoms with Crippen molar-refractivity contribution in [2.45, 2.75) is 322 Å². The first kappa shape index (κ1) is 75.1. The van der Waals surface area contributed by atoms with Gasteiger partial charge in [-0.2, -0.15) is 0 Å². The zero-order chi connectivity index (χ0) is 57.1. The third kappa shape index (κ3) is 64.8. The molecular weight excluding hydrogens is 973 g/mol. The van der Waals surface area contributed by atoms with Crippen molar-refractivity contribution < 1.29 is 28.6 Å². The van der Waals surface area contributed by atoms with Crippen molar-refractivity contribution in [3.05, 3.63) is 109 Å². The molecule has 0 bridgehead atoms. The van der Waals surface area contributed by atoms with Crippen LogP contribution in [-0.4, -0.2) is 37.2 Å². The number of esters is 3. The van der Waals surface area contributed by atoms with Crippen LogP contribution in [0.2, 0.25) is 0 Å². The summed E-state index contributed by atoms with van der Waals surface area (Å²) in [5.41, 5.74) is 0. The summed E-state index contributed by atoms with van der Waals surface area (Å²) in [7, 11) is 0. The molecule has 0 N–H and O–H groups in total. The molecule has 6 heteroatoms. The number of hydrogen-bond acceptors (Lipinski definition) is 6. The smallest absolute Gasteiger partial charge is 0.306 e. The quantitative estimate of drug-likeness (QED) is 0.0261. The average Bonchev–Trinajstić information content (AvgIpc) is 3.45. The molecular formula is C73H124O6. The molecule has 0 aliphatic rings. The van der Waals surface area contributed by atoms with Crippen LogP contribution in [0.5, 0.6) is 0 Å². The highest BCUT2D eigenvalue weighted by Crippen LogP contribution is 2.17. The first-order chi connectivity index (χ1) is 39.0. The molecule has 6 nitrogen and oxygen atoms in total. The molecule has 0 aromatic heterocycles. The summed E-state index contributed by atoms with van der Waals surface area (Å²) in [6.45, 7) is 6.38. The predicted octanol–water partition coefficient (Wildman–Crippen LogP) is 23.0. The largest absolute Gasteiger partial charge is 0.462 e. The second-order valence-corrected chi connectivity index (χ2v) is 22.0. The van der Waals surface area contributed by atoms with Gasteiger partial charge >= 0.3 is 17.9 Å². The van der Waals surface area contributed by atoms with Crippen LogP contribution in [0.25, 0.3) is 0 Å². The zero-order valence-corrected chi connectivity index (χ0v) is 51.9. The Morgan fingerprint density at radius 2 is 0.494 bits per heavy atom. The molecule has 0 aromatic carbocycles. The summed E-state index contributed by atoms with van der Waals surface area (Å²) >= 11 is 0. The van der Waals surface area contributed by atoms with Crippen molar-refractivity contribution >= 4 is 17.9 Å². The topological polar surface area (TPSA) is 78.9 Å². The van der Waals surface area contributed by atoms with E-state index in [2.05, 4.69) is 130 Å². The van der Waals surface area contributed by atoms with Crippen molar-refractivity contribution in [3.63, 3.8) is 0 Å². The molecule has 0 aromatic rings. The Balaban J connectivity index is 4.17. The average molecular weight is 1100 g/mol. The summed E-state index contributed by atoms with van der Waals surface area (Å²) in [6, 6.07) is 0. The van der Waals surface area contributed by atoms with Crippen molar-refractivity contribution in [2.75, 3.05) is 13.2 Å². The Morgan fingerprint density at radius 3 is 0.785 bits per heavy atom. The molecule has 79 heavy (non-hydrogen) atoms. The van der Waals surface area contributed by atoms with E-state index < -0.39 is 6.10 Å². The van der Waals surface area contributed by atoms with Gasteiger partial charge in [-0.15, -0.1) is 0 Å². The van der Waals surface area contributed by atoms with E-state index in [9.17, 15) is 14.4 Å². The van der Waals surface area contributed by atoms with Gasteiger partial charge in [0.2, 0.25) is 0 Å². The van der Waals surface area contributed by atoms with Gasteiger partial charge in [0.05, 0.1) is 0 Å². The Hall–Kier alpha value is -3.93. The van der Waals surface area contributed by atoms with Crippen molar-refractivity contribution in [1.82, 2.24) is 0 Å². The second kappa shape index (κ2) is 66.6. The maximum Gasteiger partial charge on any atom is 0.306 e. The van der Waals surface area contributed by atoms with E-state index in [0.29, 0.717) is 19.3 Å². The lowest BCUT2D eigenvalue weighted by molar-refractivity contribution is -0.167. The van der Waals surface area contributed by atoms with Gasteiger partial charge in [0.1, 0.15) is 13.2 Å². The normalized spacial score (nSPS) is 12.8. The maximum atomic E-state index is 12.9. The molecule has 0 aliphatic carbocycles. The van der Waals surface area contributed by atoms with Crippen molar-refractivity contribution in [3.8, 4) is 0 Å². The van der Waals surface area contributed by atoms with Gasteiger partial charge < -0.3 is 14.2 Å². The number of allylic oxidation sites excluding steroid dienone is 18. The minimum Gasteiger partial charge on any atom is -0.462 e. The number of unbranched alkanes of at least 4 members (excludes halogenated alkanes) is 31. The molecule has 452 valence electrons. The lowest BCUT2D eigenvalue weighted by Crippen LogP contribution is -2.30. The van der Waals surface area contributed by atoms with Gasteiger partial charge in [0.15, 0.2) is 6.10 Å². The van der Waals surface area contributed by atoms with Gasteiger partial charge in [0, 0.05) is 19.3 Å². The van der Waals surface area contributed by atoms with E-state index in [1.807, 2.05) is 0 Å². The van der Waals surface area contributed by atoms with Crippen LogP contribution in [0.15, 0.2) is 109 Å². The first-order valence-electron chi connectivity index (χ1n) is 33.4. The minimum atomic E-state index is -0.800. The van der Waals surface area contributed by atoms with Crippen molar-refractivity contribution in [1.29, 1.82) is 0 Å². The van der Waals surface area contributed by atoms with Gasteiger partial charge in [-0.1, -0.05) is 284 Å². The fraction of sp³-hybridized carbons (Fsp3) is 0.712. The standard InChI is InChI=1S/C73H124O6/c1-4-7-10-13-16-19-22-25-27-28-29-30-31-32-33-34-35-36-37-38-39-40-41-42-43-44-46-48-51-54-57-60-63-66-72(75)78-69-70(68-77-71(74)65-62-59-56-53-50-47-24-21-18-15-12-9-6-3)79-73(76)67-64-61-58-55-52-49-45-26-23-20-17-14-11-8-5-2/h8-9,11-12,17-18,20-22,25-26,28-29,31-32,45,47,50,70H,4-7,10,13-16,19,23-24,27,30,33-44,46,48-49,51-69H2,1-3H3/b11-8-,12-9-,20-17-,21-18-,25-22-,29-28-,32-31-,45-26-,50-47-. The zero-order valence-electron chi connectivity index (χ0n) is 51.9. The van der Waals surface area contributed by atoms with Gasteiger partial charge in [0.25, 0.3) is 0 Å². The Labute approximate surface area is 489 Å². The fourth-order valence-corrected chi connectivity index (χ4v) is 9.30. The number of carbonyl (C=O) groups excluding carboxylic acids is 3. The third-order valence-electron chi connectivity index (χ3n) is 14.2. The van der Waals surface area contributed by atoms with Crippen LogP contribution in [0.1, 0.15) is 316 Å². The molecule has 0 spiro atoms. The molecule has 0 fully saturated rings. The monoisotopic (exact) mass is 1100 g/mol. The molecule has 0 radical (unpaired) electrons. The highest BCUT2D eigenvalue weighted by Gasteiger charge is 2.19. The molecule has 0 saturated carbocycles. The fourth-order valence-electron chi connectivity index (χ4n) is 9.30. The number of ether oxygens (including phenoxy) is 3. The van der Waals surface area contributed by atoms with Crippen molar-refractivity contribution in [2.24, 2.45) is 0 Å². The molecule has 0 amide bonds. The van der Waals surface area contributed by atoms with Crippen LogP contribution in [0, 0.1) is 0 Å². The summed E-state index contributed by atoms with van der Waals surface area (Å²) in [6.07, 6.45) is 91.3. The predicted molar refractivity (Wildman–Crippen MR) is 343 cm³/mol. The van der Waals surface area contributed by atoms with Gasteiger partial charge in [-0.25, -0.2) is 0 Å². The summed E-state index contributed by atoms with van der Waals surface area (Å²) in [5, 5.41) is 0. The van der Waals surface area contributed by atoms with Crippen LogP contribution >= 0.6 is 0 Å². The number of rotatable bonds is 60. The molecule has 0 heterocycles. The highest BCUT2D eigenvalue weighted by molar-refractivity contribution is 5.71. The first-order valence-corrected chi connectivity index (χ1v) is 33.4. The SMILES string of the molecule is CC/C=C\C/C=C\C/C=C\CCCCCCCC(=O)OC(COC(=O)CCCCC/C=C\C/C=C\C/C=C\CC)COC(=O)CCCCCCCCCCCCCCCCCCCC/C=C\C/C=C\C/C=C\CCCCCCC. The van der Waals surface area contributed by atoms with Gasteiger partial charge in [-0.3, -0.25) is 14.4 Å². The van der Waals surface area contributed by atoms with Gasteiger partial charge in [-0.05, 0) is 122 Å². The summed E-state index contributed by atoms with van der Waals surface area (Å²) < 4.78 is 16.9. The number of hydrogen-bond donors (Lipinski definition) is 0. The maximum absolute atomic E-state index is 12.9. The molecule has 1 unspecified atom stereocenters. The Kier molecular flexibility index (Phi) is 63.3. The van der Waals surface area contributed by atoms with E-state index in [4.69, 9.17) is 14.2 Å². The van der Waals surface area contributed by atoms with E-state index >= 15 is 0 Å².